The molecule has 1 amide bonds. The van der Waals surface area contributed by atoms with Crippen LogP contribution in [0.2, 0.25) is 0 Å². The van der Waals surface area contributed by atoms with E-state index < -0.39 is 39.6 Å². The average molecular weight is 356 g/mol. The molecule has 0 fully saturated rings. The van der Waals surface area contributed by atoms with Gasteiger partial charge in [-0.15, -0.1) is 0 Å². The van der Waals surface area contributed by atoms with E-state index >= 15 is 0 Å². The molecule has 2 heterocycles. The first-order valence-corrected chi connectivity index (χ1v) is 7.76. The van der Waals surface area contributed by atoms with Gasteiger partial charge >= 0.3 is 21.5 Å². The molecule has 1 aromatic heterocycles. The maximum atomic E-state index is 12.8. The number of nitrogens with zero attached hydrogens (tertiary/aromatic N) is 1. The number of rotatable bonds is 4. The van der Waals surface area contributed by atoms with E-state index in [0.717, 1.165) is 7.11 Å². The molecule has 23 heavy (non-hydrogen) atoms. The second-order valence-corrected chi connectivity index (χ2v) is 6.54. The molecule has 0 unspecified atom stereocenters. The Morgan fingerprint density at radius 2 is 2.17 bits per heavy atom. The molecule has 0 saturated heterocycles. The topological polar surface area (TPSA) is 94.5 Å². The lowest BCUT2D eigenvalue weighted by atomic mass is 10.0. The third kappa shape index (κ3) is 3.19. The van der Waals surface area contributed by atoms with Crippen LogP contribution in [-0.2, 0) is 43.7 Å². The van der Waals surface area contributed by atoms with Gasteiger partial charge in [-0.3, -0.25) is 9.59 Å². The van der Waals surface area contributed by atoms with Crippen molar-refractivity contribution in [1.29, 1.82) is 0 Å². The lowest BCUT2D eigenvalue weighted by Crippen LogP contribution is -2.35. The van der Waals surface area contributed by atoms with Crippen LogP contribution in [0.4, 0.5) is 13.2 Å². The molecule has 1 aromatic rings. The number of ether oxygens (including phenoxy) is 1. The SMILES string of the molecule is [3H][C@@H]1NC(=O)Cc2c(CCC(=O)OC)cn(S(=O)(=O)C(F)(F)F)c21. The highest BCUT2D eigenvalue weighted by Gasteiger charge is 2.48. The lowest BCUT2D eigenvalue weighted by Gasteiger charge is -2.18. The van der Waals surface area contributed by atoms with Crippen LogP contribution in [-0.4, -0.2) is 36.9 Å². The molecular formula is C12H13F3N2O5S. The predicted molar refractivity (Wildman–Crippen MR) is 70.7 cm³/mol. The second-order valence-electron chi connectivity index (χ2n) is 4.73. The van der Waals surface area contributed by atoms with E-state index in [1.807, 2.05) is 0 Å². The van der Waals surface area contributed by atoms with Gasteiger partial charge in [-0.25, -0.2) is 3.97 Å². The molecule has 0 saturated carbocycles. The fourth-order valence-electron chi connectivity index (χ4n) is 2.17. The molecule has 7 nitrogen and oxygen atoms in total. The molecule has 1 N–H and O–H groups in total. The number of amides is 1. The van der Waals surface area contributed by atoms with Crippen LogP contribution >= 0.6 is 0 Å². The normalized spacial score (nSPS) is 18.9. The Balaban J connectivity index is 2.57. The Kier molecular flexibility index (Phi) is 4.04. The number of aromatic nitrogens is 1. The van der Waals surface area contributed by atoms with Crippen molar-refractivity contribution >= 4 is 21.9 Å². The third-order valence-corrected chi connectivity index (χ3v) is 4.70. The van der Waals surface area contributed by atoms with E-state index in [1.165, 1.54) is 0 Å². The number of aryl methyl sites for hydroxylation is 1. The minimum Gasteiger partial charge on any atom is -0.469 e. The first-order chi connectivity index (χ1) is 11.0. The molecule has 0 radical (unpaired) electrons. The van der Waals surface area contributed by atoms with Crippen molar-refractivity contribution in [3.63, 3.8) is 0 Å². The minimum atomic E-state index is -5.76. The van der Waals surface area contributed by atoms with Gasteiger partial charge in [-0.2, -0.15) is 21.6 Å². The maximum Gasteiger partial charge on any atom is 0.517 e. The zero-order valence-corrected chi connectivity index (χ0v) is 12.6. The molecule has 1 atom stereocenters. The van der Waals surface area contributed by atoms with Crippen molar-refractivity contribution in [2.24, 2.45) is 0 Å². The van der Waals surface area contributed by atoms with Crippen LogP contribution in [0.5, 0.6) is 0 Å². The fourth-order valence-corrected chi connectivity index (χ4v) is 3.08. The Labute approximate surface area is 130 Å². The van der Waals surface area contributed by atoms with E-state index in [-0.39, 0.29) is 34.4 Å². The van der Waals surface area contributed by atoms with Crippen LogP contribution in [0, 0.1) is 0 Å². The molecular weight excluding hydrogens is 341 g/mol. The van der Waals surface area contributed by atoms with Gasteiger partial charge in [0.15, 0.2) is 0 Å². The van der Waals surface area contributed by atoms with Gasteiger partial charge in [0.25, 0.3) is 0 Å². The Hall–Kier alpha value is -2.04. The van der Waals surface area contributed by atoms with E-state index in [0.29, 0.717) is 6.20 Å². The maximum absolute atomic E-state index is 12.8. The number of alkyl halides is 3. The number of methoxy groups -OCH3 is 1. The summed E-state index contributed by atoms with van der Waals surface area (Å²) in [7, 11) is -4.63. The Morgan fingerprint density at radius 1 is 1.52 bits per heavy atom. The zero-order valence-electron chi connectivity index (χ0n) is 12.8. The Morgan fingerprint density at radius 3 is 2.74 bits per heavy atom. The van der Waals surface area contributed by atoms with Crippen molar-refractivity contribution in [3.8, 4) is 0 Å². The molecule has 0 aliphatic carbocycles. The molecule has 1 aliphatic rings. The van der Waals surface area contributed by atoms with E-state index in [9.17, 15) is 31.2 Å². The van der Waals surface area contributed by atoms with Gasteiger partial charge in [0.2, 0.25) is 5.91 Å². The third-order valence-electron chi connectivity index (χ3n) is 3.29. The Bertz CT molecular complexity index is 787. The van der Waals surface area contributed by atoms with E-state index in [2.05, 4.69) is 10.1 Å². The van der Waals surface area contributed by atoms with Crippen molar-refractivity contribution in [2.75, 3.05) is 7.11 Å². The largest absolute Gasteiger partial charge is 0.517 e. The summed E-state index contributed by atoms with van der Waals surface area (Å²) in [5, 5.41) is 2.07. The zero-order chi connectivity index (χ0) is 18.3. The summed E-state index contributed by atoms with van der Waals surface area (Å²) in [5.74, 6) is -1.26. The first kappa shape index (κ1) is 15.8. The second kappa shape index (κ2) is 5.87. The van der Waals surface area contributed by atoms with Crippen LogP contribution in [0.3, 0.4) is 0 Å². The van der Waals surface area contributed by atoms with Gasteiger partial charge in [0.05, 0.1) is 27.1 Å². The van der Waals surface area contributed by atoms with Gasteiger partial charge in [0.1, 0.15) is 0 Å². The highest BCUT2D eigenvalue weighted by Crippen LogP contribution is 2.31. The van der Waals surface area contributed by atoms with Crippen molar-refractivity contribution < 1.29 is 37.3 Å². The van der Waals surface area contributed by atoms with Gasteiger partial charge in [-0.05, 0) is 17.5 Å². The lowest BCUT2D eigenvalue weighted by molar-refractivity contribution is -0.140. The summed E-state index contributed by atoms with van der Waals surface area (Å²) in [6, 6.07) is 0. The average Bonchev–Trinajstić information content (AvgIpc) is 2.83. The highest BCUT2D eigenvalue weighted by atomic mass is 32.2. The minimum absolute atomic E-state index is 0.00970. The van der Waals surface area contributed by atoms with E-state index in [4.69, 9.17) is 1.37 Å². The summed E-state index contributed by atoms with van der Waals surface area (Å²) in [6.07, 6.45) is 0.0124. The van der Waals surface area contributed by atoms with Crippen LogP contribution in [0.25, 0.3) is 0 Å². The van der Waals surface area contributed by atoms with Gasteiger partial charge in [-0.1, -0.05) is 0 Å². The summed E-state index contributed by atoms with van der Waals surface area (Å²) in [6.45, 7) is -1.66. The number of nitrogens with one attached hydrogen (secondary N) is 1. The van der Waals surface area contributed by atoms with Gasteiger partial charge < -0.3 is 10.1 Å². The molecule has 0 bridgehead atoms. The molecule has 1 aliphatic heterocycles. The number of carbonyl (C=O) groups excluding carboxylic acids is 2. The number of hydrogen-bond acceptors (Lipinski definition) is 5. The molecule has 0 aromatic carbocycles. The van der Waals surface area contributed by atoms with Crippen molar-refractivity contribution in [2.45, 2.75) is 31.3 Å². The summed E-state index contributed by atoms with van der Waals surface area (Å²) in [5.41, 5.74) is -5.96. The number of carbonyl (C=O) groups is 2. The van der Waals surface area contributed by atoms with Crippen LogP contribution in [0.1, 0.15) is 24.6 Å². The highest BCUT2D eigenvalue weighted by molar-refractivity contribution is 7.90. The monoisotopic (exact) mass is 356 g/mol. The van der Waals surface area contributed by atoms with Crippen molar-refractivity contribution in [1.82, 2.24) is 9.29 Å². The summed E-state index contributed by atoms with van der Waals surface area (Å²) in [4.78, 5) is 22.7. The quantitative estimate of drug-likeness (QED) is 0.791. The van der Waals surface area contributed by atoms with Crippen LogP contribution in [0.15, 0.2) is 6.20 Å². The summed E-state index contributed by atoms with van der Waals surface area (Å²) >= 11 is 0. The van der Waals surface area contributed by atoms with Crippen molar-refractivity contribution in [3.05, 3.63) is 23.0 Å². The number of hydrogen-bond donors (Lipinski definition) is 1. The number of halogens is 3. The summed E-state index contributed by atoms with van der Waals surface area (Å²) < 4.78 is 74.0. The van der Waals surface area contributed by atoms with Gasteiger partial charge in [0, 0.05) is 12.6 Å². The number of esters is 1. The number of fused-ring (bicyclic) bond motifs is 1. The molecule has 2 rings (SSSR count). The standard InChI is InChI=1S/C12H13F3N2O5S/c1-22-11(19)3-2-7-6-17(23(20,21)12(13,14)15)9-5-16-10(18)4-8(7)9/h6H,2-5H2,1H3,(H,16,18)/i5T/t5-/m0/s1. The first-order valence-electron chi connectivity index (χ1n) is 6.90. The fraction of sp³-hybridized carbons (Fsp3) is 0.500. The smallest absolute Gasteiger partial charge is 0.469 e. The molecule has 128 valence electrons. The van der Waals surface area contributed by atoms with E-state index in [1.54, 1.807) is 0 Å². The predicted octanol–water partition coefficient (Wildman–Crippen LogP) is 0.464. The molecule has 11 heteroatoms. The molecule has 0 spiro atoms. The van der Waals surface area contributed by atoms with Crippen LogP contribution < -0.4 is 5.32 Å².